The highest BCUT2D eigenvalue weighted by Gasteiger charge is 2.25. The van der Waals surface area contributed by atoms with Crippen molar-refractivity contribution in [3.8, 4) is 23.1 Å². The van der Waals surface area contributed by atoms with Gasteiger partial charge in [-0.3, -0.25) is 14.8 Å². The Morgan fingerprint density at radius 3 is 2.69 bits per heavy atom. The molecule has 1 heterocycles. The summed E-state index contributed by atoms with van der Waals surface area (Å²) in [6.45, 7) is 0.745. The largest absolute Gasteiger partial charge is 0.496 e. The van der Waals surface area contributed by atoms with Crippen LogP contribution in [0.25, 0.3) is 11.3 Å². The summed E-state index contributed by atoms with van der Waals surface area (Å²) in [5, 5.41) is 24.7. The Balaban J connectivity index is 2.39. The predicted octanol–water partition coefficient (Wildman–Crippen LogP) is 3.01. The number of nitro groups is 1. The van der Waals surface area contributed by atoms with Gasteiger partial charge in [-0.2, -0.15) is 10.4 Å². The second kappa shape index (κ2) is 8.21. The predicted molar refractivity (Wildman–Crippen MR) is 102 cm³/mol. The lowest BCUT2D eigenvalue weighted by atomic mass is 10.1. The molecule has 0 unspecified atom stereocenters. The van der Waals surface area contributed by atoms with Gasteiger partial charge in [-0.05, 0) is 37.0 Å². The average Bonchev–Trinajstić information content (AvgIpc) is 3.01. The zero-order valence-electron chi connectivity index (χ0n) is 15.3. The van der Waals surface area contributed by atoms with E-state index in [4.69, 9.17) is 14.7 Å². The van der Waals surface area contributed by atoms with Crippen molar-refractivity contribution < 1.29 is 14.4 Å². The van der Waals surface area contributed by atoms with Crippen LogP contribution >= 0.6 is 10.0 Å². The third-order valence-corrected chi connectivity index (χ3v) is 4.36. The molecule has 0 saturated carbocycles. The summed E-state index contributed by atoms with van der Waals surface area (Å²) in [6, 6.07) is 6.83. The van der Waals surface area contributed by atoms with Gasteiger partial charge < -0.3 is 9.47 Å². The number of benzene rings is 1. The summed E-state index contributed by atoms with van der Waals surface area (Å²) in [5.41, 5.74) is 1.00. The minimum atomic E-state index is -0.785. The molecule has 2 aromatic rings. The minimum absolute atomic E-state index is 0.139. The molecule has 9 heteroatoms. The average molecular weight is 378 g/mol. The second-order valence-electron chi connectivity index (χ2n) is 6.50. The molecular formula is C17H22N4O4S. The smallest absolute Gasteiger partial charge is 0.315 e. The summed E-state index contributed by atoms with van der Waals surface area (Å²) in [7, 11) is 0.694. The third kappa shape index (κ3) is 4.74. The number of nitrogens with zero attached hydrogens (tertiary/aromatic N) is 4. The number of aromatic nitrogens is 2. The van der Waals surface area contributed by atoms with Crippen molar-refractivity contribution in [1.82, 2.24) is 9.78 Å². The maximum Gasteiger partial charge on any atom is 0.315 e. The van der Waals surface area contributed by atoms with Crippen LogP contribution < -0.4 is 4.74 Å². The molecule has 0 aliphatic carbocycles. The van der Waals surface area contributed by atoms with E-state index in [2.05, 4.69) is 23.9 Å². The molecule has 0 spiro atoms. The lowest BCUT2D eigenvalue weighted by Crippen LogP contribution is -2.12. The van der Waals surface area contributed by atoms with Crippen molar-refractivity contribution in [2.45, 2.75) is 6.54 Å². The molecule has 1 aromatic heterocycles. The zero-order valence-corrected chi connectivity index (χ0v) is 16.1. The molecule has 0 aliphatic heterocycles. The maximum absolute atomic E-state index is 11.4. The first-order valence-electron chi connectivity index (χ1n) is 7.79. The van der Waals surface area contributed by atoms with E-state index >= 15 is 0 Å². The van der Waals surface area contributed by atoms with Crippen LogP contribution in [-0.2, 0) is 11.3 Å². The molecule has 2 rings (SSSR count). The molecule has 140 valence electrons. The summed E-state index contributed by atoms with van der Waals surface area (Å²) in [6.07, 6.45) is 7.66. The molecule has 0 aliphatic rings. The first-order valence-corrected chi connectivity index (χ1v) is 10.8. The zero-order chi connectivity index (χ0) is 19.3. The second-order valence-corrected chi connectivity index (χ2v) is 10.9. The van der Waals surface area contributed by atoms with E-state index in [0.717, 1.165) is 0 Å². The third-order valence-electron chi connectivity index (χ3n) is 3.48. The standard InChI is InChI=1S/C17H22N4O4S/c1-24-16-6-5-13(10-18)9-14(16)17-15(21(22)23)11-19-20(17)7-8-25-12-26(2,3)4/h5-6,9,11H,7-8,12H2,1-4H3. The molecule has 0 fully saturated rings. The van der Waals surface area contributed by atoms with Crippen LogP contribution in [0.15, 0.2) is 24.4 Å². The topological polar surface area (TPSA) is 103 Å². The number of hydrogen-bond donors (Lipinski definition) is 0. The Hall–Kier alpha value is -2.57. The van der Waals surface area contributed by atoms with Gasteiger partial charge in [0.25, 0.3) is 0 Å². The van der Waals surface area contributed by atoms with Crippen LogP contribution in [0.1, 0.15) is 5.56 Å². The fourth-order valence-corrected chi connectivity index (χ4v) is 3.00. The van der Waals surface area contributed by atoms with Gasteiger partial charge in [0.2, 0.25) is 0 Å². The van der Waals surface area contributed by atoms with Crippen LogP contribution in [0.5, 0.6) is 5.75 Å². The first-order chi connectivity index (χ1) is 12.3. The van der Waals surface area contributed by atoms with E-state index in [1.54, 1.807) is 18.2 Å². The Kier molecular flexibility index (Phi) is 6.23. The van der Waals surface area contributed by atoms with Gasteiger partial charge in [0.05, 0.1) is 48.3 Å². The summed E-state index contributed by atoms with van der Waals surface area (Å²) >= 11 is 0. The molecule has 0 bridgehead atoms. The Morgan fingerprint density at radius 2 is 2.12 bits per heavy atom. The maximum atomic E-state index is 11.4. The fourth-order valence-electron chi connectivity index (χ4n) is 2.38. The lowest BCUT2D eigenvalue weighted by molar-refractivity contribution is -0.384. The van der Waals surface area contributed by atoms with Gasteiger partial charge >= 0.3 is 5.69 Å². The van der Waals surface area contributed by atoms with Crippen molar-refractivity contribution >= 4 is 15.7 Å². The van der Waals surface area contributed by atoms with Crippen molar-refractivity contribution in [2.24, 2.45) is 0 Å². The van der Waals surface area contributed by atoms with Gasteiger partial charge in [-0.1, -0.05) is 0 Å². The number of ether oxygens (including phenoxy) is 2. The highest BCUT2D eigenvalue weighted by Crippen LogP contribution is 2.37. The van der Waals surface area contributed by atoms with Crippen LogP contribution in [0.4, 0.5) is 5.69 Å². The lowest BCUT2D eigenvalue weighted by Gasteiger charge is -2.24. The van der Waals surface area contributed by atoms with Crippen LogP contribution in [0.2, 0.25) is 0 Å². The fraction of sp³-hybridized carbons (Fsp3) is 0.412. The molecule has 0 N–H and O–H groups in total. The minimum Gasteiger partial charge on any atom is -0.496 e. The van der Waals surface area contributed by atoms with Gasteiger partial charge in [-0.25, -0.2) is 10.0 Å². The number of nitriles is 1. The van der Waals surface area contributed by atoms with Crippen molar-refractivity contribution in [3.05, 3.63) is 40.1 Å². The molecule has 0 saturated heterocycles. The summed E-state index contributed by atoms with van der Waals surface area (Å²) in [5.74, 6) is 1.09. The molecule has 0 atom stereocenters. The van der Waals surface area contributed by atoms with Crippen molar-refractivity contribution in [2.75, 3.05) is 38.4 Å². The van der Waals surface area contributed by atoms with Gasteiger partial charge in [0.1, 0.15) is 17.6 Å². The normalized spacial score (nSPS) is 11.8. The highest BCUT2D eigenvalue weighted by molar-refractivity contribution is 8.32. The SMILES string of the molecule is COc1ccc(C#N)cc1-c1c([N+](=O)[O-])cnn1CCOCS(C)(C)C. The van der Waals surface area contributed by atoms with Crippen LogP contribution in [-0.4, -0.2) is 53.1 Å². The van der Waals surface area contributed by atoms with E-state index in [-0.39, 0.29) is 5.69 Å². The van der Waals surface area contributed by atoms with E-state index in [9.17, 15) is 10.1 Å². The first kappa shape index (κ1) is 19.8. The molecule has 0 radical (unpaired) electrons. The van der Waals surface area contributed by atoms with Gasteiger partial charge in [0, 0.05) is 0 Å². The van der Waals surface area contributed by atoms with Gasteiger partial charge in [0.15, 0.2) is 0 Å². The monoisotopic (exact) mass is 378 g/mol. The Bertz CT molecular complexity index is 836. The van der Waals surface area contributed by atoms with E-state index in [1.165, 1.54) is 18.0 Å². The van der Waals surface area contributed by atoms with E-state index in [0.29, 0.717) is 41.7 Å². The number of rotatable bonds is 8. The van der Waals surface area contributed by atoms with E-state index in [1.807, 2.05) is 6.07 Å². The quantitative estimate of drug-likeness (QED) is 0.397. The van der Waals surface area contributed by atoms with Crippen molar-refractivity contribution in [3.63, 3.8) is 0 Å². The van der Waals surface area contributed by atoms with E-state index < -0.39 is 15.0 Å². The number of methoxy groups -OCH3 is 1. The Labute approximate surface area is 153 Å². The van der Waals surface area contributed by atoms with Crippen LogP contribution in [0, 0.1) is 21.4 Å². The molecule has 8 nitrogen and oxygen atoms in total. The molecular weight excluding hydrogens is 356 g/mol. The van der Waals surface area contributed by atoms with Crippen LogP contribution in [0.3, 0.4) is 0 Å². The molecule has 26 heavy (non-hydrogen) atoms. The molecule has 0 amide bonds. The summed E-state index contributed by atoms with van der Waals surface area (Å²) < 4.78 is 12.5. The number of hydrogen-bond acceptors (Lipinski definition) is 6. The Morgan fingerprint density at radius 1 is 1.38 bits per heavy atom. The summed E-state index contributed by atoms with van der Waals surface area (Å²) in [4.78, 5) is 11.0. The molecule has 1 aromatic carbocycles. The van der Waals surface area contributed by atoms with Gasteiger partial charge in [-0.15, -0.1) is 0 Å². The highest BCUT2D eigenvalue weighted by atomic mass is 32.3. The van der Waals surface area contributed by atoms with Crippen molar-refractivity contribution in [1.29, 1.82) is 5.26 Å².